The van der Waals surface area contributed by atoms with Crippen molar-refractivity contribution in [3.63, 3.8) is 0 Å². The number of nitrogens with zero attached hydrogens (tertiary/aromatic N) is 5. The van der Waals surface area contributed by atoms with Crippen LogP contribution in [0.5, 0.6) is 0 Å². The van der Waals surface area contributed by atoms with Crippen molar-refractivity contribution in [2.24, 2.45) is 0 Å². The zero-order valence-corrected chi connectivity index (χ0v) is 19.5. The third-order valence-electron chi connectivity index (χ3n) is 6.08. The summed E-state index contributed by atoms with van der Waals surface area (Å²) in [6, 6.07) is 7.99. The van der Waals surface area contributed by atoms with Gasteiger partial charge in [0.25, 0.3) is 6.43 Å². The second-order valence-electron chi connectivity index (χ2n) is 8.51. The molecule has 0 bridgehead atoms. The van der Waals surface area contributed by atoms with E-state index in [0.29, 0.717) is 18.7 Å². The summed E-state index contributed by atoms with van der Waals surface area (Å²) in [5.74, 6) is 0.345. The van der Waals surface area contributed by atoms with E-state index in [0.717, 1.165) is 35.7 Å². The van der Waals surface area contributed by atoms with Crippen LogP contribution in [0.4, 0.5) is 25.3 Å². The maximum atomic E-state index is 12.9. The number of piperazine rings is 1. The van der Waals surface area contributed by atoms with E-state index >= 15 is 0 Å². The Morgan fingerprint density at radius 2 is 1.94 bits per heavy atom. The predicted molar refractivity (Wildman–Crippen MR) is 126 cm³/mol. The molecule has 0 radical (unpaired) electrons. The Labute approximate surface area is 202 Å². The Kier molecular flexibility index (Phi) is 7.54. The Bertz CT molecular complexity index is 1070. The van der Waals surface area contributed by atoms with Gasteiger partial charge in [-0.15, -0.1) is 0 Å². The fraction of sp³-hybridized carbons (Fsp3) is 0.417. The summed E-state index contributed by atoms with van der Waals surface area (Å²) >= 11 is 0. The summed E-state index contributed by atoms with van der Waals surface area (Å²) in [6.45, 7) is 8.44. The zero-order chi connectivity index (χ0) is 24.9. The van der Waals surface area contributed by atoms with Crippen molar-refractivity contribution in [2.75, 3.05) is 42.9 Å². The van der Waals surface area contributed by atoms with Crippen LogP contribution in [-0.4, -0.2) is 70.9 Å². The molecule has 3 heterocycles. The monoisotopic (exact) mass is 486 g/mol. The quantitative estimate of drug-likeness (QED) is 0.573. The first-order chi connectivity index (χ1) is 16.8. The van der Waals surface area contributed by atoms with Crippen LogP contribution in [0.25, 0.3) is 0 Å². The Balaban J connectivity index is 1.36. The predicted octanol–water partition coefficient (Wildman–Crippen LogP) is 3.20. The third kappa shape index (κ3) is 5.91. The van der Waals surface area contributed by atoms with Crippen LogP contribution in [0.3, 0.4) is 0 Å². The molecule has 35 heavy (non-hydrogen) atoms. The van der Waals surface area contributed by atoms with Crippen LogP contribution in [0.1, 0.15) is 29.7 Å². The molecule has 4 rings (SSSR count). The molecular weight excluding hydrogens is 458 g/mol. The van der Waals surface area contributed by atoms with Gasteiger partial charge in [0, 0.05) is 38.9 Å². The van der Waals surface area contributed by atoms with Gasteiger partial charge in [-0.3, -0.25) is 14.6 Å². The summed E-state index contributed by atoms with van der Waals surface area (Å²) in [5.41, 5.74) is 2.64. The molecule has 186 valence electrons. The van der Waals surface area contributed by atoms with Gasteiger partial charge in [-0.05, 0) is 24.1 Å². The molecule has 0 spiro atoms. The molecule has 1 N–H and O–H groups in total. The highest BCUT2D eigenvalue weighted by atomic mass is 19.3. The van der Waals surface area contributed by atoms with Crippen molar-refractivity contribution >= 4 is 23.8 Å². The third-order valence-corrected chi connectivity index (χ3v) is 6.08. The van der Waals surface area contributed by atoms with Crippen LogP contribution in [0, 0.1) is 0 Å². The molecule has 11 heteroatoms. The fourth-order valence-corrected chi connectivity index (χ4v) is 4.11. The largest absolute Gasteiger partial charge is 0.444 e. The van der Waals surface area contributed by atoms with Gasteiger partial charge in [0.15, 0.2) is 0 Å². The zero-order valence-electron chi connectivity index (χ0n) is 19.5. The smallest absolute Gasteiger partial charge is 0.416 e. The van der Waals surface area contributed by atoms with Crippen LogP contribution >= 0.6 is 0 Å². The number of carbonyl (C=O) groups excluding carboxylic acids is 2. The maximum absolute atomic E-state index is 12.9. The van der Waals surface area contributed by atoms with E-state index in [-0.39, 0.29) is 30.3 Å². The summed E-state index contributed by atoms with van der Waals surface area (Å²) in [5, 5.41) is 3.17. The van der Waals surface area contributed by atoms with Crippen molar-refractivity contribution in [1.29, 1.82) is 0 Å². The van der Waals surface area contributed by atoms with Crippen molar-refractivity contribution in [2.45, 2.75) is 32.5 Å². The standard InChI is InChI=1S/C24H28F2N6O3/c1-3-21(33)31-10-8-30(9-11-31)13-17-4-6-18(7-5-17)16(2)28-23-27-12-19-15-35-24(34)32(14-20(25)26)22(19)29-23/h3-7,12,16,20H,1,8-11,13-15H2,2H3,(H,27,28,29)/t16-/m0/s1. The number of hydrogen-bond donors (Lipinski definition) is 1. The van der Waals surface area contributed by atoms with Gasteiger partial charge < -0.3 is 15.0 Å². The highest BCUT2D eigenvalue weighted by Gasteiger charge is 2.30. The maximum Gasteiger partial charge on any atom is 0.416 e. The van der Waals surface area contributed by atoms with Crippen LogP contribution in [0.2, 0.25) is 0 Å². The Morgan fingerprint density at radius 3 is 2.60 bits per heavy atom. The molecule has 0 aliphatic carbocycles. The number of hydrogen-bond acceptors (Lipinski definition) is 7. The number of rotatable bonds is 8. The van der Waals surface area contributed by atoms with Crippen LogP contribution < -0.4 is 10.2 Å². The molecule has 9 nitrogen and oxygen atoms in total. The first-order valence-corrected chi connectivity index (χ1v) is 11.4. The van der Waals surface area contributed by atoms with E-state index in [4.69, 9.17) is 4.74 Å². The molecule has 1 aromatic heterocycles. The minimum atomic E-state index is -2.71. The highest BCUT2D eigenvalue weighted by Crippen LogP contribution is 2.27. The van der Waals surface area contributed by atoms with E-state index in [2.05, 4.69) is 38.9 Å². The van der Waals surface area contributed by atoms with E-state index in [1.807, 2.05) is 19.1 Å². The molecule has 0 unspecified atom stereocenters. The lowest BCUT2D eigenvalue weighted by molar-refractivity contribution is -0.127. The topological polar surface area (TPSA) is 90.9 Å². The second-order valence-corrected chi connectivity index (χ2v) is 8.51. The number of aromatic nitrogens is 2. The number of amides is 2. The number of anilines is 2. The molecule has 1 fully saturated rings. The fourth-order valence-electron chi connectivity index (χ4n) is 4.11. The lowest BCUT2D eigenvalue weighted by Gasteiger charge is -2.34. The van der Waals surface area contributed by atoms with Gasteiger partial charge in [0.1, 0.15) is 12.4 Å². The van der Waals surface area contributed by atoms with E-state index in [9.17, 15) is 18.4 Å². The minimum absolute atomic E-state index is 0.0277. The number of nitrogens with one attached hydrogen (secondary N) is 1. The van der Waals surface area contributed by atoms with Crippen LogP contribution in [-0.2, 0) is 22.7 Å². The van der Waals surface area contributed by atoms with Gasteiger partial charge in [-0.2, -0.15) is 4.98 Å². The lowest BCUT2D eigenvalue weighted by Crippen LogP contribution is -2.47. The molecule has 2 amide bonds. The van der Waals surface area contributed by atoms with Crippen molar-refractivity contribution < 1.29 is 23.1 Å². The van der Waals surface area contributed by atoms with Gasteiger partial charge in [-0.1, -0.05) is 30.8 Å². The van der Waals surface area contributed by atoms with Crippen molar-refractivity contribution in [3.8, 4) is 0 Å². The van der Waals surface area contributed by atoms with Crippen molar-refractivity contribution in [1.82, 2.24) is 19.8 Å². The Hall–Kier alpha value is -3.60. The average molecular weight is 487 g/mol. The Morgan fingerprint density at radius 1 is 1.23 bits per heavy atom. The summed E-state index contributed by atoms with van der Waals surface area (Å²) in [4.78, 5) is 37.2. The molecule has 1 atom stereocenters. The number of fused-ring (bicyclic) bond motifs is 1. The highest BCUT2D eigenvalue weighted by molar-refractivity contribution is 5.89. The molecule has 1 saturated heterocycles. The van der Waals surface area contributed by atoms with Crippen molar-refractivity contribution in [3.05, 3.63) is 59.8 Å². The average Bonchev–Trinajstić information content (AvgIpc) is 2.86. The van der Waals surface area contributed by atoms with Gasteiger partial charge in [-0.25, -0.2) is 18.6 Å². The number of cyclic esters (lactones) is 1. The molecule has 2 aliphatic heterocycles. The molecule has 2 aromatic rings. The number of alkyl halides is 2. The van der Waals surface area contributed by atoms with Gasteiger partial charge in [0.2, 0.25) is 11.9 Å². The van der Waals surface area contributed by atoms with Crippen LogP contribution in [0.15, 0.2) is 43.1 Å². The van der Waals surface area contributed by atoms with E-state index in [1.165, 1.54) is 12.3 Å². The van der Waals surface area contributed by atoms with Gasteiger partial charge in [0.05, 0.1) is 18.2 Å². The minimum Gasteiger partial charge on any atom is -0.444 e. The number of carbonyl (C=O) groups is 2. The normalized spacial score (nSPS) is 17.1. The number of halogens is 2. The molecular formula is C24H28F2N6O3. The molecule has 0 saturated carbocycles. The molecule has 2 aliphatic rings. The number of ether oxygens (including phenoxy) is 1. The van der Waals surface area contributed by atoms with E-state index in [1.54, 1.807) is 4.90 Å². The number of benzene rings is 1. The summed E-state index contributed by atoms with van der Waals surface area (Å²) in [6.07, 6.45) is -0.726. The first-order valence-electron chi connectivity index (χ1n) is 11.4. The lowest BCUT2D eigenvalue weighted by atomic mass is 10.1. The first kappa shape index (κ1) is 24.5. The van der Waals surface area contributed by atoms with Gasteiger partial charge >= 0.3 is 6.09 Å². The van der Waals surface area contributed by atoms with E-state index < -0.39 is 19.1 Å². The molecule has 1 aromatic carbocycles. The SMILES string of the molecule is C=CC(=O)N1CCN(Cc2ccc([C@H](C)Nc3ncc4c(n3)N(CC(F)F)C(=O)OC4)cc2)CC1. The summed E-state index contributed by atoms with van der Waals surface area (Å²) < 4.78 is 30.8. The second kappa shape index (κ2) is 10.8. The summed E-state index contributed by atoms with van der Waals surface area (Å²) in [7, 11) is 0.